The number of ketones is 1. The molecule has 0 spiro atoms. The molecular weight excluding hydrogens is 370 g/mol. The van der Waals surface area contributed by atoms with Crippen molar-refractivity contribution < 1.29 is 4.79 Å². The van der Waals surface area contributed by atoms with E-state index in [-0.39, 0.29) is 5.78 Å². The molecule has 4 heteroatoms. The van der Waals surface area contributed by atoms with Crippen molar-refractivity contribution >= 4 is 37.6 Å². The lowest BCUT2D eigenvalue weighted by atomic mass is 9.97. The van der Waals surface area contributed by atoms with Crippen molar-refractivity contribution in [1.29, 1.82) is 0 Å². The van der Waals surface area contributed by atoms with E-state index in [4.69, 9.17) is 0 Å². The monoisotopic (exact) mass is 381 g/mol. The van der Waals surface area contributed by atoms with Gasteiger partial charge in [0.25, 0.3) is 0 Å². The minimum absolute atomic E-state index is 0.0556. The Balaban J connectivity index is 2.53. The van der Waals surface area contributed by atoms with Gasteiger partial charge in [0.2, 0.25) is 5.78 Å². The zero-order valence-electron chi connectivity index (χ0n) is 10.9. The largest absolute Gasteiger partial charge is 0.287 e. The lowest BCUT2D eigenvalue weighted by molar-refractivity contribution is 0.103. The molecule has 0 saturated carbocycles. The Morgan fingerprint density at radius 2 is 1.63 bits per heavy atom. The summed E-state index contributed by atoms with van der Waals surface area (Å²) in [4.78, 5) is 16.8. The molecule has 0 fully saturated rings. The van der Waals surface area contributed by atoms with E-state index in [1.54, 1.807) is 6.20 Å². The van der Waals surface area contributed by atoms with E-state index in [1.165, 1.54) is 5.56 Å². The maximum absolute atomic E-state index is 12.6. The van der Waals surface area contributed by atoms with E-state index in [0.29, 0.717) is 15.7 Å². The Hall–Kier alpha value is -1.000. The molecule has 1 heterocycles. The predicted molar refractivity (Wildman–Crippen MR) is 83.7 cm³/mol. The van der Waals surface area contributed by atoms with Gasteiger partial charge in [-0.1, -0.05) is 6.07 Å². The van der Waals surface area contributed by atoms with Crippen molar-refractivity contribution in [3.05, 3.63) is 61.3 Å². The van der Waals surface area contributed by atoms with Crippen LogP contribution in [-0.4, -0.2) is 10.8 Å². The zero-order chi connectivity index (χ0) is 14.2. The van der Waals surface area contributed by atoms with E-state index in [2.05, 4.69) is 36.8 Å². The number of pyridine rings is 1. The number of hydrogen-bond donors (Lipinski definition) is 0. The van der Waals surface area contributed by atoms with Gasteiger partial charge in [-0.05, 0) is 81.5 Å². The molecule has 0 aliphatic carbocycles. The Bertz CT molecular complexity index is 665. The van der Waals surface area contributed by atoms with Crippen LogP contribution in [0.4, 0.5) is 0 Å². The highest BCUT2D eigenvalue weighted by Crippen LogP contribution is 2.24. The van der Waals surface area contributed by atoms with Crippen molar-refractivity contribution in [2.24, 2.45) is 0 Å². The summed E-state index contributed by atoms with van der Waals surface area (Å²) in [6.07, 6.45) is 1.63. The second kappa shape index (κ2) is 5.55. The molecular formula is C15H13Br2NO. The molecule has 1 aromatic heterocycles. The fourth-order valence-corrected chi connectivity index (χ4v) is 3.08. The molecule has 0 saturated heterocycles. The number of hydrogen-bond acceptors (Lipinski definition) is 2. The second-order valence-electron chi connectivity index (χ2n) is 4.56. The predicted octanol–water partition coefficient (Wildman–Crippen LogP) is 4.76. The third-order valence-electron chi connectivity index (χ3n) is 3.11. The van der Waals surface area contributed by atoms with E-state index in [9.17, 15) is 4.79 Å². The molecule has 0 aliphatic heterocycles. The molecule has 0 aliphatic rings. The van der Waals surface area contributed by atoms with Gasteiger partial charge in [-0.2, -0.15) is 0 Å². The fraction of sp³-hybridized carbons (Fsp3) is 0.200. The molecule has 2 aromatic rings. The van der Waals surface area contributed by atoms with Crippen LogP contribution in [0.2, 0.25) is 0 Å². The highest BCUT2D eigenvalue weighted by Gasteiger charge is 2.17. The van der Waals surface area contributed by atoms with Crippen LogP contribution in [0.15, 0.2) is 33.3 Å². The average molecular weight is 383 g/mol. The van der Waals surface area contributed by atoms with Crippen molar-refractivity contribution in [3.8, 4) is 0 Å². The molecule has 1 aromatic carbocycles. The Labute approximate surface area is 129 Å². The molecule has 19 heavy (non-hydrogen) atoms. The summed E-state index contributed by atoms with van der Waals surface area (Å²) < 4.78 is 1.54. The maximum atomic E-state index is 12.6. The smallest absolute Gasteiger partial charge is 0.212 e. The van der Waals surface area contributed by atoms with Crippen LogP contribution in [0.5, 0.6) is 0 Å². The minimum Gasteiger partial charge on any atom is -0.287 e. The summed E-state index contributed by atoms with van der Waals surface area (Å²) in [5, 5.41) is 0. The van der Waals surface area contributed by atoms with E-state index >= 15 is 0 Å². The van der Waals surface area contributed by atoms with Crippen molar-refractivity contribution in [1.82, 2.24) is 4.98 Å². The molecule has 2 rings (SSSR count). The van der Waals surface area contributed by atoms with E-state index in [1.807, 2.05) is 39.0 Å². The molecule has 0 unspecified atom stereocenters. The average Bonchev–Trinajstić information content (AvgIpc) is 2.33. The summed E-state index contributed by atoms with van der Waals surface area (Å²) in [7, 11) is 0. The maximum Gasteiger partial charge on any atom is 0.212 e. The first kappa shape index (κ1) is 14.4. The van der Waals surface area contributed by atoms with Gasteiger partial charge in [0.05, 0.1) is 0 Å². The van der Waals surface area contributed by atoms with Crippen molar-refractivity contribution in [2.75, 3.05) is 0 Å². The normalized spacial score (nSPS) is 10.6. The third-order valence-corrected chi connectivity index (χ3v) is 4.15. The Morgan fingerprint density at radius 1 is 1.00 bits per heavy atom. The summed E-state index contributed by atoms with van der Waals surface area (Å²) in [6.45, 7) is 6.01. The lowest BCUT2D eigenvalue weighted by Crippen LogP contribution is -2.08. The lowest BCUT2D eigenvalue weighted by Gasteiger charge is -2.09. The van der Waals surface area contributed by atoms with E-state index in [0.717, 1.165) is 15.6 Å². The van der Waals surface area contributed by atoms with Crippen LogP contribution in [0.3, 0.4) is 0 Å². The zero-order valence-corrected chi connectivity index (χ0v) is 14.1. The van der Waals surface area contributed by atoms with Crippen LogP contribution >= 0.6 is 31.9 Å². The summed E-state index contributed by atoms with van der Waals surface area (Å²) >= 11 is 6.72. The van der Waals surface area contributed by atoms with Crippen LogP contribution in [0, 0.1) is 20.8 Å². The SMILES string of the molecule is Cc1cc(C)c(C(=O)c2ncc(Br)cc2Br)cc1C. The number of carbonyl (C=O) groups is 1. The molecule has 0 N–H and O–H groups in total. The highest BCUT2D eigenvalue weighted by atomic mass is 79.9. The van der Waals surface area contributed by atoms with Gasteiger partial charge in [-0.3, -0.25) is 9.78 Å². The number of nitrogens with zero attached hydrogens (tertiary/aromatic N) is 1. The molecule has 98 valence electrons. The van der Waals surface area contributed by atoms with Gasteiger partial charge in [0.1, 0.15) is 5.69 Å². The first-order valence-corrected chi connectivity index (χ1v) is 7.42. The number of carbonyl (C=O) groups excluding carboxylic acids is 1. The van der Waals surface area contributed by atoms with Gasteiger partial charge in [-0.25, -0.2) is 0 Å². The number of halogens is 2. The van der Waals surface area contributed by atoms with E-state index < -0.39 is 0 Å². The Morgan fingerprint density at radius 3 is 2.26 bits per heavy atom. The van der Waals surface area contributed by atoms with Gasteiger partial charge >= 0.3 is 0 Å². The number of aromatic nitrogens is 1. The highest BCUT2D eigenvalue weighted by molar-refractivity contribution is 9.11. The summed E-state index contributed by atoms with van der Waals surface area (Å²) in [6, 6.07) is 5.80. The summed E-state index contributed by atoms with van der Waals surface area (Å²) in [5.74, 6) is -0.0556. The van der Waals surface area contributed by atoms with Gasteiger partial charge < -0.3 is 0 Å². The minimum atomic E-state index is -0.0556. The van der Waals surface area contributed by atoms with Gasteiger partial charge in [-0.15, -0.1) is 0 Å². The summed E-state index contributed by atoms with van der Waals surface area (Å²) in [5.41, 5.74) is 4.43. The molecule has 0 amide bonds. The Kier molecular flexibility index (Phi) is 4.21. The number of rotatable bonds is 2. The van der Waals surface area contributed by atoms with Crippen LogP contribution < -0.4 is 0 Å². The molecule has 0 atom stereocenters. The fourth-order valence-electron chi connectivity index (χ4n) is 1.91. The molecule has 2 nitrogen and oxygen atoms in total. The number of aryl methyl sites for hydroxylation is 3. The van der Waals surface area contributed by atoms with Gasteiger partial charge in [0, 0.05) is 20.7 Å². The first-order valence-electron chi connectivity index (χ1n) is 5.83. The molecule has 0 radical (unpaired) electrons. The van der Waals surface area contributed by atoms with Crippen molar-refractivity contribution in [2.45, 2.75) is 20.8 Å². The van der Waals surface area contributed by atoms with Crippen LogP contribution in [-0.2, 0) is 0 Å². The van der Waals surface area contributed by atoms with Crippen LogP contribution in [0.1, 0.15) is 32.7 Å². The second-order valence-corrected chi connectivity index (χ2v) is 6.33. The molecule has 0 bridgehead atoms. The van der Waals surface area contributed by atoms with Crippen molar-refractivity contribution in [3.63, 3.8) is 0 Å². The number of benzene rings is 1. The van der Waals surface area contributed by atoms with Crippen LogP contribution in [0.25, 0.3) is 0 Å². The third kappa shape index (κ3) is 2.95. The standard InChI is InChI=1S/C15H13Br2NO/c1-8-4-10(3)12(5-9(8)2)15(19)14-13(17)6-11(16)7-18-14/h4-7H,1-3H3. The quantitative estimate of drug-likeness (QED) is 0.700. The van der Waals surface area contributed by atoms with Gasteiger partial charge in [0.15, 0.2) is 0 Å². The topological polar surface area (TPSA) is 30.0 Å². The first-order chi connectivity index (χ1) is 8.90.